The maximum absolute atomic E-state index is 13.3. The third-order valence-electron chi connectivity index (χ3n) is 7.53. The summed E-state index contributed by atoms with van der Waals surface area (Å²) in [5, 5.41) is 10.3. The average Bonchev–Trinajstić information content (AvgIpc) is 3.35. The Morgan fingerprint density at radius 1 is 0.971 bits per heavy atom. The Kier molecular flexibility index (Phi) is 5.29. The zero-order chi connectivity index (χ0) is 25.1. The molecule has 0 saturated heterocycles. The molecular formula is C30H29N3O2. The molecule has 0 fully saturated rings. The minimum atomic E-state index is -0.344. The number of rotatable bonds is 4. The fourth-order valence-electron chi connectivity index (χ4n) is 5.81. The predicted octanol–water partition coefficient (Wildman–Crippen LogP) is 6.09. The number of aromatic nitrogens is 1. The highest BCUT2D eigenvalue weighted by Crippen LogP contribution is 2.52. The van der Waals surface area contributed by atoms with Crippen molar-refractivity contribution in [2.45, 2.75) is 46.0 Å². The van der Waals surface area contributed by atoms with Gasteiger partial charge in [-0.1, -0.05) is 44.2 Å². The molecular weight excluding hydrogens is 434 g/mol. The molecule has 2 aliphatic rings. The Morgan fingerprint density at radius 3 is 2.23 bits per heavy atom. The molecule has 0 amide bonds. The highest BCUT2D eigenvalue weighted by molar-refractivity contribution is 6.40. The number of ketones is 2. The number of anilines is 1. The van der Waals surface area contributed by atoms with Crippen molar-refractivity contribution in [2.75, 3.05) is 11.4 Å². The summed E-state index contributed by atoms with van der Waals surface area (Å²) in [5.74, 6) is 0.716. The normalized spacial score (nSPS) is 17.3. The van der Waals surface area contributed by atoms with Crippen LogP contribution in [0.3, 0.4) is 0 Å². The van der Waals surface area contributed by atoms with Gasteiger partial charge in [0, 0.05) is 58.7 Å². The fourth-order valence-corrected chi connectivity index (χ4v) is 5.81. The molecule has 1 aliphatic heterocycles. The van der Waals surface area contributed by atoms with Gasteiger partial charge in [-0.05, 0) is 49.6 Å². The van der Waals surface area contributed by atoms with Crippen LogP contribution in [-0.2, 0) is 12.5 Å². The van der Waals surface area contributed by atoms with Gasteiger partial charge in [-0.2, -0.15) is 5.26 Å². The van der Waals surface area contributed by atoms with E-state index in [2.05, 4.69) is 54.6 Å². The van der Waals surface area contributed by atoms with Crippen LogP contribution >= 0.6 is 0 Å². The molecule has 5 heteroatoms. The number of hydrogen-bond acceptors (Lipinski definition) is 4. The minimum absolute atomic E-state index is 0.196. The number of nitriles is 1. The number of carbonyl (C=O) groups excluding carboxylic acids is 2. The van der Waals surface area contributed by atoms with Crippen LogP contribution in [0, 0.1) is 25.2 Å². The molecule has 2 aromatic carbocycles. The van der Waals surface area contributed by atoms with Crippen molar-refractivity contribution < 1.29 is 9.59 Å². The fraction of sp³-hybridized carbons (Fsp3) is 0.300. The molecule has 0 unspecified atom stereocenters. The van der Waals surface area contributed by atoms with Crippen molar-refractivity contribution in [1.82, 2.24) is 4.57 Å². The largest absolute Gasteiger partial charge is 0.330 e. The van der Waals surface area contributed by atoms with E-state index in [1.807, 2.05) is 38.1 Å². The van der Waals surface area contributed by atoms with Crippen molar-refractivity contribution >= 4 is 28.3 Å². The maximum atomic E-state index is 13.3. The van der Waals surface area contributed by atoms with E-state index in [1.54, 1.807) is 6.08 Å². The Balaban J connectivity index is 1.66. The molecule has 3 aromatic rings. The molecule has 0 spiro atoms. The number of hydrogen-bond donors (Lipinski definition) is 0. The number of allylic oxidation sites excluding steroid dienone is 4. The van der Waals surface area contributed by atoms with E-state index in [0.29, 0.717) is 24.1 Å². The van der Waals surface area contributed by atoms with Gasteiger partial charge in [0.2, 0.25) is 0 Å². The first kappa shape index (κ1) is 22.9. The average molecular weight is 464 g/mol. The number of carbonyl (C=O) groups is 2. The summed E-state index contributed by atoms with van der Waals surface area (Å²) in [6.45, 7) is 8.82. The summed E-state index contributed by atoms with van der Waals surface area (Å²) in [6, 6.07) is 14.4. The highest BCUT2D eigenvalue weighted by Gasteiger charge is 2.44. The molecule has 35 heavy (non-hydrogen) atoms. The second kappa shape index (κ2) is 8.09. The van der Waals surface area contributed by atoms with Gasteiger partial charge in [0.15, 0.2) is 11.6 Å². The van der Waals surface area contributed by atoms with Crippen LogP contribution < -0.4 is 4.90 Å². The van der Waals surface area contributed by atoms with E-state index in [4.69, 9.17) is 5.26 Å². The predicted molar refractivity (Wildman–Crippen MR) is 139 cm³/mol. The van der Waals surface area contributed by atoms with Crippen molar-refractivity contribution in [3.63, 3.8) is 0 Å². The molecule has 1 aromatic heterocycles. The molecule has 1 aliphatic carbocycles. The monoisotopic (exact) mass is 463 g/mol. The summed E-state index contributed by atoms with van der Waals surface area (Å²) in [4.78, 5) is 28.8. The van der Waals surface area contributed by atoms with E-state index in [9.17, 15) is 9.59 Å². The van der Waals surface area contributed by atoms with Crippen LogP contribution in [0.25, 0.3) is 10.9 Å². The van der Waals surface area contributed by atoms with Crippen LogP contribution in [0.1, 0.15) is 64.1 Å². The van der Waals surface area contributed by atoms with Crippen molar-refractivity contribution in [3.05, 3.63) is 87.6 Å². The first-order chi connectivity index (χ1) is 16.7. The van der Waals surface area contributed by atoms with Crippen LogP contribution in [0.15, 0.2) is 59.8 Å². The molecule has 176 valence electrons. The standard InChI is InChI=1S/C30H29N3O2/c1-18-12-13-19(2)25-24(18)27(34)21(28(25)35)14-15-23-30(3,4)26-20-10-6-7-11-22(20)32(5)29(26)33(23)17-9-8-16-31/h6-7,10-15H,8-9,17H2,1-5H3/b23-15+. The first-order valence-corrected chi connectivity index (χ1v) is 12.0. The summed E-state index contributed by atoms with van der Waals surface area (Å²) in [5.41, 5.74) is 6.03. The Morgan fingerprint density at radius 2 is 1.60 bits per heavy atom. The zero-order valence-corrected chi connectivity index (χ0v) is 20.9. The Labute approximate surface area is 206 Å². The van der Waals surface area contributed by atoms with Crippen molar-refractivity contribution in [2.24, 2.45) is 7.05 Å². The van der Waals surface area contributed by atoms with E-state index >= 15 is 0 Å². The minimum Gasteiger partial charge on any atom is -0.330 e. The van der Waals surface area contributed by atoms with Gasteiger partial charge >= 0.3 is 0 Å². The number of para-hydroxylation sites is 1. The molecule has 0 atom stereocenters. The van der Waals surface area contributed by atoms with Crippen LogP contribution in [0.4, 0.5) is 5.82 Å². The molecule has 5 rings (SSSR count). The molecule has 0 saturated carbocycles. The lowest BCUT2D eigenvalue weighted by molar-refractivity contribution is 0.0988. The lowest BCUT2D eigenvalue weighted by atomic mass is 9.83. The number of aryl methyl sites for hydroxylation is 3. The molecule has 2 heterocycles. The molecule has 0 bridgehead atoms. The lowest BCUT2D eigenvalue weighted by Crippen LogP contribution is -2.28. The highest BCUT2D eigenvalue weighted by atomic mass is 16.2. The summed E-state index contributed by atoms with van der Waals surface area (Å²) >= 11 is 0. The first-order valence-electron chi connectivity index (χ1n) is 12.0. The smallest absolute Gasteiger partial charge is 0.197 e. The van der Waals surface area contributed by atoms with Gasteiger partial charge in [0.1, 0.15) is 5.82 Å². The topological polar surface area (TPSA) is 66.1 Å². The van der Waals surface area contributed by atoms with E-state index in [1.165, 1.54) is 10.9 Å². The number of Topliss-reactive ketones (excluding diaryl/α,β-unsaturated/α-hetero) is 2. The van der Waals surface area contributed by atoms with Crippen molar-refractivity contribution in [3.8, 4) is 6.07 Å². The molecule has 0 N–H and O–H groups in total. The van der Waals surface area contributed by atoms with Gasteiger partial charge in [0.25, 0.3) is 0 Å². The van der Waals surface area contributed by atoms with E-state index < -0.39 is 0 Å². The SMILES string of the molecule is Cc1ccc(C)c2c1C(=O)C(=C/C=C1/N(CCCC#N)c3c(c4ccccc4n3C)C1(C)C)C2=O. The van der Waals surface area contributed by atoms with Crippen molar-refractivity contribution in [1.29, 1.82) is 5.26 Å². The summed E-state index contributed by atoms with van der Waals surface area (Å²) in [7, 11) is 2.07. The van der Waals surface area contributed by atoms with E-state index in [-0.39, 0.29) is 22.6 Å². The molecule has 5 nitrogen and oxygen atoms in total. The van der Waals surface area contributed by atoms with E-state index in [0.717, 1.165) is 34.6 Å². The quantitative estimate of drug-likeness (QED) is 0.267. The summed E-state index contributed by atoms with van der Waals surface area (Å²) < 4.78 is 2.21. The van der Waals surface area contributed by atoms with Crippen LogP contribution in [0.5, 0.6) is 0 Å². The summed E-state index contributed by atoms with van der Waals surface area (Å²) in [6.07, 6.45) is 4.85. The van der Waals surface area contributed by atoms with Crippen LogP contribution in [0.2, 0.25) is 0 Å². The Hall–Kier alpha value is -3.91. The molecule has 0 radical (unpaired) electrons. The van der Waals surface area contributed by atoms with Gasteiger partial charge in [-0.25, -0.2) is 0 Å². The van der Waals surface area contributed by atoms with Gasteiger partial charge < -0.3 is 9.47 Å². The third-order valence-corrected chi connectivity index (χ3v) is 7.53. The number of benzene rings is 2. The van der Waals surface area contributed by atoms with Gasteiger partial charge in [0.05, 0.1) is 11.6 Å². The number of nitrogens with zero attached hydrogens (tertiary/aromatic N) is 3. The lowest BCUT2D eigenvalue weighted by Gasteiger charge is -2.28. The number of fused-ring (bicyclic) bond motifs is 4. The third kappa shape index (κ3) is 3.20. The second-order valence-corrected chi connectivity index (χ2v) is 10.1. The van der Waals surface area contributed by atoms with Gasteiger partial charge in [-0.15, -0.1) is 0 Å². The van der Waals surface area contributed by atoms with Gasteiger partial charge in [-0.3, -0.25) is 9.59 Å². The second-order valence-electron chi connectivity index (χ2n) is 10.1. The maximum Gasteiger partial charge on any atom is 0.197 e. The van der Waals surface area contributed by atoms with Crippen LogP contribution in [-0.4, -0.2) is 22.7 Å². The zero-order valence-electron chi connectivity index (χ0n) is 20.9. The number of unbranched alkanes of at least 4 members (excludes halogenated alkanes) is 1. The Bertz CT molecular complexity index is 1480.